The van der Waals surface area contributed by atoms with Crippen LogP contribution in [0.5, 0.6) is 0 Å². The molecule has 0 atom stereocenters. The van der Waals surface area contributed by atoms with Crippen LogP contribution in [0.15, 0.2) is 42.9 Å². The van der Waals surface area contributed by atoms with Gasteiger partial charge in [0.15, 0.2) is 0 Å². The van der Waals surface area contributed by atoms with Crippen molar-refractivity contribution in [2.75, 3.05) is 0 Å². The molecule has 98 valence electrons. The van der Waals surface area contributed by atoms with Crippen LogP contribution in [0.4, 0.5) is 0 Å². The van der Waals surface area contributed by atoms with Gasteiger partial charge in [-0.25, -0.2) is 0 Å². The van der Waals surface area contributed by atoms with E-state index < -0.39 is 0 Å². The van der Waals surface area contributed by atoms with Crippen molar-refractivity contribution in [1.29, 1.82) is 0 Å². The van der Waals surface area contributed by atoms with E-state index in [0.717, 1.165) is 16.8 Å². The maximum absolute atomic E-state index is 11.5. The van der Waals surface area contributed by atoms with Crippen LogP contribution in [0.25, 0.3) is 11.3 Å². The number of hydrogen-bond donors (Lipinski definition) is 1. The highest BCUT2D eigenvalue weighted by atomic mass is 16.1. The predicted octanol–water partition coefficient (Wildman–Crippen LogP) is 2.42. The van der Waals surface area contributed by atoms with E-state index in [1.165, 1.54) is 0 Å². The maximum Gasteiger partial charge on any atom is 0.222 e. The molecule has 0 aromatic carbocycles. The first-order chi connectivity index (χ1) is 9.16. The smallest absolute Gasteiger partial charge is 0.222 e. The Morgan fingerprint density at radius 3 is 2.68 bits per heavy atom. The van der Waals surface area contributed by atoms with Gasteiger partial charge in [-0.2, -0.15) is 0 Å². The van der Waals surface area contributed by atoms with E-state index in [0.29, 0.717) is 6.54 Å². The number of rotatable bonds is 4. The summed E-state index contributed by atoms with van der Waals surface area (Å²) in [5.41, 5.74) is 2.86. The molecule has 0 spiro atoms. The highest BCUT2D eigenvalue weighted by molar-refractivity contribution is 5.77. The van der Waals surface area contributed by atoms with Gasteiger partial charge in [-0.05, 0) is 23.8 Å². The molecule has 0 fully saturated rings. The monoisotopic (exact) mass is 255 g/mol. The molecule has 2 aromatic rings. The summed E-state index contributed by atoms with van der Waals surface area (Å²) in [5.74, 6) is 0.0546. The van der Waals surface area contributed by atoms with Crippen molar-refractivity contribution >= 4 is 5.91 Å². The van der Waals surface area contributed by atoms with Gasteiger partial charge in [-0.3, -0.25) is 14.8 Å². The topological polar surface area (TPSA) is 54.9 Å². The van der Waals surface area contributed by atoms with Gasteiger partial charge in [-0.15, -0.1) is 0 Å². The molecular formula is C15H17N3O. The standard InChI is InChI=1S/C15H17N3O/c1-11(2)15(19)18-9-12-5-6-14(17-8-12)13-4-3-7-16-10-13/h3-8,10-11H,9H2,1-2H3,(H,18,19). The van der Waals surface area contributed by atoms with Crippen molar-refractivity contribution in [2.45, 2.75) is 20.4 Å². The Morgan fingerprint density at radius 2 is 2.11 bits per heavy atom. The van der Waals surface area contributed by atoms with Crippen LogP contribution in [0.2, 0.25) is 0 Å². The Bertz CT molecular complexity index is 535. The summed E-state index contributed by atoms with van der Waals surface area (Å²) < 4.78 is 0. The number of nitrogens with one attached hydrogen (secondary N) is 1. The Hall–Kier alpha value is -2.23. The Morgan fingerprint density at radius 1 is 1.26 bits per heavy atom. The molecule has 0 unspecified atom stereocenters. The van der Waals surface area contributed by atoms with Gasteiger partial charge in [0.25, 0.3) is 0 Å². The molecule has 2 rings (SSSR count). The van der Waals surface area contributed by atoms with Gasteiger partial charge in [0, 0.05) is 36.6 Å². The molecule has 4 heteroatoms. The van der Waals surface area contributed by atoms with Gasteiger partial charge >= 0.3 is 0 Å². The highest BCUT2D eigenvalue weighted by Gasteiger charge is 2.06. The molecule has 0 aliphatic heterocycles. The lowest BCUT2D eigenvalue weighted by Crippen LogP contribution is -2.27. The van der Waals surface area contributed by atoms with Crippen LogP contribution in [0, 0.1) is 5.92 Å². The summed E-state index contributed by atoms with van der Waals surface area (Å²) >= 11 is 0. The molecule has 2 heterocycles. The zero-order valence-corrected chi connectivity index (χ0v) is 11.1. The van der Waals surface area contributed by atoms with Crippen molar-refractivity contribution in [2.24, 2.45) is 5.92 Å². The molecule has 0 saturated carbocycles. The second-order valence-electron chi connectivity index (χ2n) is 4.67. The summed E-state index contributed by atoms with van der Waals surface area (Å²) in [4.78, 5) is 19.9. The molecule has 0 radical (unpaired) electrons. The molecule has 19 heavy (non-hydrogen) atoms. The molecule has 0 aliphatic rings. The van der Waals surface area contributed by atoms with Crippen molar-refractivity contribution in [3.63, 3.8) is 0 Å². The maximum atomic E-state index is 11.5. The Kier molecular flexibility index (Phi) is 4.23. The van der Waals surface area contributed by atoms with Crippen LogP contribution >= 0.6 is 0 Å². The van der Waals surface area contributed by atoms with Crippen molar-refractivity contribution < 1.29 is 4.79 Å². The van der Waals surface area contributed by atoms with Crippen molar-refractivity contribution in [3.05, 3.63) is 48.4 Å². The molecular weight excluding hydrogens is 238 g/mol. The number of hydrogen-bond acceptors (Lipinski definition) is 3. The number of nitrogens with zero attached hydrogens (tertiary/aromatic N) is 2. The summed E-state index contributed by atoms with van der Waals surface area (Å²) in [7, 11) is 0. The fourth-order valence-electron chi connectivity index (χ4n) is 1.61. The second-order valence-corrected chi connectivity index (χ2v) is 4.67. The number of carbonyl (C=O) groups is 1. The van der Waals surface area contributed by atoms with Gasteiger partial charge in [0.2, 0.25) is 5.91 Å². The third-order valence-corrected chi connectivity index (χ3v) is 2.77. The van der Waals surface area contributed by atoms with E-state index in [-0.39, 0.29) is 11.8 Å². The molecule has 0 aliphatic carbocycles. The summed E-state index contributed by atoms with van der Waals surface area (Å²) in [6.45, 7) is 4.26. The summed E-state index contributed by atoms with van der Waals surface area (Å²) in [6, 6.07) is 7.76. The van der Waals surface area contributed by atoms with Crippen LogP contribution in [-0.4, -0.2) is 15.9 Å². The summed E-state index contributed by atoms with van der Waals surface area (Å²) in [5, 5.41) is 2.87. The van der Waals surface area contributed by atoms with Crippen LogP contribution in [0.1, 0.15) is 19.4 Å². The SMILES string of the molecule is CC(C)C(=O)NCc1ccc(-c2cccnc2)nc1. The first-order valence-electron chi connectivity index (χ1n) is 6.30. The molecule has 0 saturated heterocycles. The first-order valence-corrected chi connectivity index (χ1v) is 6.30. The third-order valence-electron chi connectivity index (χ3n) is 2.77. The zero-order valence-electron chi connectivity index (χ0n) is 11.1. The first kappa shape index (κ1) is 13.2. The molecule has 2 aromatic heterocycles. The predicted molar refractivity (Wildman–Crippen MR) is 74.2 cm³/mol. The minimum Gasteiger partial charge on any atom is -0.352 e. The van der Waals surface area contributed by atoms with Gasteiger partial charge in [0.05, 0.1) is 5.69 Å². The molecule has 4 nitrogen and oxygen atoms in total. The van der Waals surface area contributed by atoms with Gasteiger partial charge in [-0.1, -0.05) is 19.9 Å². The van der Waals surface area contributed by atoms with Crippen LogP contribution in [-0.2, 0) is 11.3 Å². The largest absolute Gasteiger partial charge is 0.352 e. The van der Waals surface area contributed by atoms with E-state index in [9.17, 15) is 4.79 Å². The molecule has 1 amide bonds. The minimum atomic E-state index is 0.00243. The Balaban J connectivity index is 2.01. The third kappa shape index (κ3) is 3.61. The average Bonchev–Trinajstić information content (AvgIpc) is 2.46. The van der Waals surface area contributed by atoms with E-state index in [1.807, 2.05) is 38.1 Å². The number of carbonyl (C=O) groups excluding carboxylic acids is 1. The van der Waals surface area contributed by atoms with E-state index in [2.05, 4.69) is 15.3 Å². The summed E-state index contributed by atoms with van der Waals surface area (Å²) in [6.07, 6.45) is 5.30. The average molecular weight is 255 g/mol. The molecule has 0 bridgehead atoms. The number of aromatic nitrogens is 2. The zero-order chi connectivity index (χ0) is 13.7. The van der Waals surface area contributed by atoms with Crippen LogP contribution < -0.4 is 5.32 Å². The fraction of sp³-hybridized carbons (Fsp3) is 0.267. The highest BCUT2D eigenvalue weighted by Crippen LogP contribution is 2.15. The van der Waals surface area contributed by atoms with Crippen LogP contribution in [0.3, 0.4) is 0 Å². The Labute approximate surface area is 112 Å². The quantitative estimate of drug-likeness (QED) is 0.912. The number of amides is 1. The number of pyridine rings is 2. The van der Waals surface area contributed by atoms with E-state index in [4.69, 9.17) is 0 Å². The second kappa shape index (κ2) is 6.09. The van der Waals surface area contributed by atoms with Crippen molar-refractivity contribution in [1.82, 2.24) is 15.3 Å². The fourth-order valence-corrected chi connectivity index (χ4v) is 1.61. The normalized spacial score (nSPS) is 10.5. The van der Waals surface area contributed by atoms with E-state index in [1.54, 1.807) is 18.6 Å². The lowest BCUT2D eigenvalue weighted by molar-refractivity contribution is -0.124. The molecule has 1 N–H and O–H groups in total. The minimum absolute atomic E-state index is 0.00243. The lowest BCUT2D eigenvalue weighted by atomic mass is 10.1. The van der Waals surface area contributed by atoms with Gasteiger partial charge < -0.3 is 5.32 Å². The lowest BCUT2D eigenvalue weighted by Gasteiger charge is -2.08. The van der Waals surface area contributed by atoms with Crippen molar-refractivity contribution in [3.8, 4) is 11.3 Å². The van der Waals surface area contributed by atoms with E-state index >= 15 is 0 Å². The van der Waals surface area contributed by atoms with Gasteiger partial charge in [0.1, 0.15) is 0 Å².